The summed E-state index contributed by atoms with van der Waals surface area (Å²) in [5.41, 5.74) is 7.15. The highest BCUT2D eigenvalue weighted by molar-refractivity contribution is 6.06. The van der Waals surface area contributed by atoms with E-state index < -0.39 is 0 Å². The van der Waals surface area contributed by atoms with Crippen molar-refractivity contribution in [3.05, 3.63) is 83.6 Å². The lowest BCUT2D eigenvalue weighted by Crippen LogP contribution is -2.10. The smallest absolute Gasteiger partial charge is 0.248 e. The molecule has 1 heterocycles. The zero-order valence-electron chi connectivity index (χ0n) is 20.2. The van der Waals surface area contributed by atoms with Crippen molar-refractivity contribution in [2.24, 2.45) is 0 Å². The van der Waals surface area contributed by atoms with E-state index in [2.05, 4.69) is 5.32 Å². The van der Waals surface area contributed by atoms with Gasteiger partial charge < -0.3 is 19.2 Å². The van der Waals surface area contributed by atoms with Crippen LogP contribution in [0.15, 0.2) is 71.4 Å². The van der Waals surface area contributed by atoms with Gasteiger partial charge in [0.2, 0.25) is 5.91 Å². The molecule has 4 rings (SSSR count). The molecule has 0 aliphatic rings. The van der Waals surface area contributed by atoms with E-state index in [0.29, 0.717) is 6.61 Å². The number of para-hydroxylation sites is 1. The molecule has 0 unspecified atom stereocenters. The molecular formula is C29H29NO4. The Labute approximate surface area is 200 Å². The maximum atomic E-state index is 12.8. The van der Waals surface area contributed by atoms with E-state index in [4.69, 9.17) is 13.9 Å². The number of methoxy groups -OCH3 is 1. The SMILES string of the molecule is CCOc1c(/C(C)=C/C(=O)Nc2ccccc2C)cc2c(-c3ccc(OC)cc3)coc2c1C. The summed E-state index contributed by atoms with van der Waals surface area (Å²) >= 11 is 0. The van der Waals surface area contributed by atoms with Crippen molar-refractivity contribution < 1.29 is 18.7 Å². The zero-order chi connectivity index (χ0) is 24.2. The molecule has 0 saturated carbocycles. The van der Waals surface area contributed by atoms with Crippen molar-refractivity contribution in [2.45, 2.75) is 27.7 Å². The van der Waals surface area contributed by atoms with Crippen LogP contribution in [0.1, 0.15) is 30.5 Å². The van der Waals surface area contributed by atoms with E-state index in [1.54, 1.807) is 19.4 Å². The topological polar surface area (TPSA) is 60.7 Å². The average molecular weight is 456 g/mol. The van der Waals surface area contributed by atoms with Crippen LogP contribution in [0.3, 0.4) is 0 Å². The number of carbonyl (C=O) groups is 1. The number of carbonyl (C=O) groups excluding carboxylic acids is 1. The van der Waals surface area contributed by atoms with Gasteiger partial charge in [0, 0.05) is 33.8 Å². The van der Waals surface area contributed by atoms with Crippen LogP contribution in [-0.2, 0) is 4.79 Å². The zero-order valence-corrected chi connectivity index (χ0v) is 20.2. The molecule has 3 aromatic carbocycles. The molecule has 4 aromatic rings. The molecule has 34 heavy (non-hydrogen) atoms. The normalized spacial score (nSPS) is 11.5. The third-order valence-corrected chi connectivity index (χ3v) is 5.91. The Morgan fingerprint density at radius 2 is 1.82 bits per heavy atom. The fraction of sp³-hybridized carbons (Fsp3) is 0.207. The summed E-state index contributed by atoms with van der Waals surface area (Å²) in [7, 11) is 1.65. The summed E-state index contributed by atoms with van der Waals surface area (Å²) in [5.74, 6) is 1.34. The van der Waals surface area contributed by atoms with Crippen LogP contribution in [0, 0.1) is 13.8 Å². The molecule has 0 radical (unpaired) electrons. The number of anilines is 1. The van der Waals surface area contributed by atoms with Crippen LogP contribution < -0.4 is 14.8 Å². The Bertz CT molecular complexity index is 1360. The predicted molar refractivity (Wildman–Crippen MR) is 138 cm³/mol. The maximum absolute atomic E-state index is 12.8. The van der Waals surface area contributed by atoms with Crippen LogP contribution in [0.25, 0.3) is 27.7 Å². The van der Waals surface area contributed by atoms with Gasteiger partial charge in [-0.25, -0.2) is 0 Å². The van der Waals surface area contributed by atoms with E-state index in [0.717, 1.165) is 61.5 Å². The Hall–Kier alpha value is -3.99. The number of hydrogen-bond donors (Lipinski definition) is 1. The van der Waals surface area contributed by atoms with Gasteiger partial charge in [0.25, 0.3) is 0 Å². The van der Waals surface area contributed by atoms with E-state index in [9.17, 15) is 4.79 Å². The molecule has 0 aliphatic carbocycles. The van der Waals surface area contributed by atoms with Crippen LogP contribution in [0.2, 0.25) is 0 Å². The minimum atomic E-state index is -0.186. The fourth-order valence-electron chi connectivity index (χ4n) is 4.09. The van der Waals surface area contributed by atoms with E-state index >= 15 is 0 Å². The summed E-state index contributed by atoms with van der Waals surface area (Å²) in [6.45, 7) is 8.33. The van der Waals surface area contributed by atoms with Gasteiger partial charge in [0.15, 0.2) is 0 Å². The Morgan fingerprint density at radius 3 is 2.50 bits per heavy atom. The second-order valence-corrected chi connectivity index (χ2v) is 8.20. The standard InChI is InChI=1S/C29H29NO4/c1-6-33-28-20(4)29-24(25(17-34-29)21-11-13-22(32-5)14-12-21)16-23(28)19(3)15-27(31)30-26-10-8-7-9-18(26)2/h7-17H,6H2,1-5H3,(H,30,31)/b19-15+. The highest BCUT2D eigenvalue weighted by atomic mass is 16.5. The van der Waals surface area contributed by atoms with Crippen molar-refractivity contribution in [3.8, 4) is 22.6 Å². The summed E-state index contributed by atoms with van der Waals surface area (Å²) in [4.78, 5) is 12.8. The number of aryl methyl sites for hydroxylation is 2. The third-order valence-electron chi connectivity index (χ3n) is 5.91. The summed E-state index contributed by atoms with van der Waals surface area (Å²) in [5, 5.41) is 3.94. The molecule has 0 spiro atoms. The molecule has 1 aromatic heterocycles. The lowest BCUT2D eigenvalue weighted by molar-refractivity contribution is -0.111. The summed E-state index contributed by atoms with van der Waals surface area (Å²) < 4.78 is 17.3. The van der Waals surface area contributed by atoms with Crippen LogP contribution in [0.5, 0.6) is 11.5 Å². The summed E-state index contributed by atoms with van der Waals surface area (Å²) in [6, 6.07) is 17.6. The minimum Gasteiger partial charge on any atom is -0.497 e. The number of amides is 1. The first-order chi connectivity index (χ1) is 16.4. The number of rotatable bonds is 7. The Kier molecular flexibility index (Phi) is 6.73. The second kappa shape index (κ2) is 9.87. The highest BCUT2D eigenvalue weighted by Gasteiger charge is 2.19. The number of hydrogen-bond acceptors (Lipinski definition) is 4. The maximum Gasteiger partial charge on any atom is 0.248 e. The molecule has 5 heteroatoms. The van der Waals surface area contributed by atoms with Crippen LogP contribution >= 0.6 is 0 Å². The number of ether oxygens (including phenoxy) is 2. The van der Waals surface area contributed by atoms with Gasteiger partial charge in [-0.05, 0) is 68.7 Å². The Balaban J connectivity index is 1.78. The van der Waals surface area contributed by atoms with Gasteiger partial charge >= 0.3 is 0 Å². The number of fused-ring (bicyclic) bond motifs is 1. The monoisotopic (exact) mass is 455 g/mol. The van der Waals surface area contributed by atoms with Crippen molar-refractivity contribution in [3.63, 3.8) is 0 Å². The largest absolute Gasteiger partial charge is 0.497 e. The fourth-order valence-corrected chi connectivity index (χ4v) is 4.09. The molecule has 0 fully saturated rings. The van der Waals surface area contributed by atoms with E-state index in [-0.39, 0.29) is 5.91 Å². The first-order valence-electron chi connectivity index (χ1n) is 11.3. The highest BCUT2D eigenvalue weighted by Crippen LogP contribution is 2.41. The number of allylic oxidation sites excluding steroid dienone is 1. The number of furan rings is 1. The quantitative estimate of drug-likeness (QED) is 0.300. The van der Waals surface area contributed by atoms with E-state index in [1.807, 2.05) is 82.3 Å². The van der Waals surface area contributed by atoms with Crippen molar-refractivity contribution >= 4 is 28.1 Å². The molecule has 5 nitrogen and oxygen atoms in total. The second-order valence-electron chi connectivity index (χ2n) is 8.20. The molecule has 174 valence electrons. The van der Waals surface area contributed by atoms with Gasteiger partial charge in [-0.1, -0.05) is 30.3 Å². The van der Waals surface area contributed by atoms with Crippen LogP contribution in [-0.4, -0.2) is 19.6 Å². The number of nitrogens with one attached hydrogen (secondary N) is 1. The van der Waals surface area contributed by atoms with Gasteiger partial charge in [-0.3, -0.25) is 4.79 Å². The van der Waals surface area contributed by atoms with Gasteiger partial charge in [0.1, 0.15) is 17.1 Å². The van der Waals surface area contributed by atoms with Crippen molar-refractivity contribution in [2.75, 3.05) is 19.0 Å². The lowest BCUT2D eigenvalue weighted by atomic mass is 9.96. The van der Waals surface area contributed by atoms with Gasteiger partial charge in [0.05, 0.1) is 20.0 Å². The molecular weight excluding hydrogens is 426 g/mol. The number of benzene rings is 3. The third kappa shape index (κ3) is 4.55. The minimum absolute atomic E-state index is 0.186. The molecule has 0 aliphatic heterocycles. The van der Waals surface area contributed by atoms with Crippen molar-refractivity contribution in [1.82, 2.24) is 0 Å². The molecule has 0 atom stereocenters. The van der Waals surface area contributed by atoms with E-state index in [1.165, 1.54) is 0 Å². The molecule has 1 N–H and O–H groups in total. The molecule has 1 amide bonds. The first-order valence-corrected chi connectivity index (χ1v) is 11.3. The average Bonchev–Trinajstić information content (AvgIpc) is 3.26. The predicted octanol–water partition coefficient (Wildman–Crippen LogP) is 7.17. The van der Waals surface area contributed by atoms with Crippen LogP contribution in [0.4, 0.5) is 5.69 Å². The molecule has 0 saturated heterocycles. The van der Waals surface area contributed by atoms with Gasteiger partial charge in [-0.2, -0.15) is 0 Å². The molecule has 0 bridgehead atoms. The lowest BCUT2D eigenvalue weighted by Gasteiger charge is -2.15. The van der Waals surface area contributed by atoms with Gasteiger partial charge in [-0.15, -0.1) is 0 Å². The summed E-state index contributed by atoms with van der Waals surface area (Å²) in [6.07, 6.45) is 3.38. The Morgan fingerprint density at radius 1 is 1.09 bits per heavy atom. The first kappa shape index (κ1) is 23.2. The van der Waals surface area contributed by atoms with Crippen molar-refractivity contribution in [1.29, 1.82) is 0 Å².